The number of nitrogens with zero attached hydrogens (tertiary/aromatic N) is 2. The zero-order valence-corrected chi connectivity index (χ0v) is 40.0. The van der Waals surface area contributed by atoms with E-state index in [1.54, 1.807) is 0 Å². The SMILES string of the molecule is CC1(C)CCC(C)(C)c2cc(N3B4c5cc6c(cc5-n5c7ccccc7c7c(-c8ccccc8)cc(c4c75)-c4cc5c(cc43)C(C)(C)CCC5(C)C)C(C)(C)CCC6(C)C)ccc21. The predicted octanol–water partition coefficient (Wildman–Crippen LogP) is 14.7. The van der Waals surface area contributed by atoms with E-state index in [-0.39, 0.29) is 39.3 Å². The van der Waals surface area contributed by atoms with Gasteiger partial charge in [-0.2, -0.15) is 0 Å². The van der Waals surface area contributed by atoms with E-state index in [1.807, 2.05) is 0 Å². The number of benzene rings is 6. The predicted molar refractivity (Wildman–Crippen MR) is 271 cm³/mol. The van der Waals surface area contributed by atoms with Gasteiger partial charge in [-0.3, -0.25) is 0 Å². The summed E-state index contributed by atoms with van der Waals surface area (Å²) in [5, 5.41) is 2.71. The van der Waals surface area contributed by atoms with Crippen molar-refractivity contribution in [2.24, 2.45) is 0 Å². The molecule has 3 aliphatic carbocycles. The Morgan fingerprint density at radius 1 is 0.429 bits per heavy atom. The highest BCUT2D eigenvalue weighted by Gasteiger charge is 2.49. The van der Waals surface area contributed by atoms with Crippen LogP contribution in [0, 0.1) is 0 Å². The number of fused-ring (bicyclic) bond motifs is 11. The van der Waals surface area contributed by atoms with Crippen LogP contribution in [-0.4, -0.2) is 11.4 Å². The lowest BCUT2D eigenvalue weighted by atomic mass is 9.43. The van der Waals surface area contributed by atoms with E-state index in [2.05, 4.69) is 196 Å². The lowest BCUT2D eigenvalue weighted by molar-refractivity contribution is 0.332. The molecule has 1 aromatic heterocycles. The molecule has 0 saturated heterocycles. The molecule has 0 spiro atoms. The van der Waals surface area contributed by atoms with Crippen molar-refractivity contribution in [1.29, 1.82) is 0 Å². The van der Waals surface area contributed by atoms with Gasteiger partial charge in [0.25, 0.3) is 0 Å². The highest BCUT2D eigenvalue weighted by Crippen LogP contribution is 2.56. The third-order valence-electron chi connectivity index (χ3n) is 17.8. The molecule has 0 atom stereocenters. The Kier molecular flexibility index (Phi) is 7.79. The molecule has 7 aromatic rings. The van der Waals surface area contributed by atoms with E-state index in [4.69, 9.17) is 0 Å². The summed E-state index contributed by atoms with van der Waals surface area (Å²) in [6.45, 7) is 29.9. The molecule has 6 aromatic carbocycles. The van der Waals surface area contributed by atoms with Crippen molar-refractivity contribution < 1.29 is 0 Å². The van der Waals surface area contributed by atoms with Gasteiger partial charge in [0.2, 0.25) is 0 Å². The van der Waals surface area contributed by atoms with E-state index in [9.17, 15) is 0 Å². The number of para-hydroxylation sites is 1. The van der Waals surface area contributed by atoms with Crippen LogP contribution >= 0.6 is 0 Å². The van der Waals surface area contributed by atoms with Crippen molar-refractivity contribution >= 4 is 51.0 Å². The van der Waals surface area contributed by atoms with Crippen LogP contribution in [-0.2, 0) is 32.5 Å². The summed E-state index contributed by atoms with van der Waals surface area (Å²) in [4.78, 5) is 2.85. The minimum atomic E-state index is -0.0201. The fourth-order valence-electron chi connectivity index (χ4n) is 13.4. The zero-order chi connectivity index (χ0) is 44.0. The van der Waals surface area contributed by atoms with Crippen molar-refractivity contribution in [3.63, 3.8) is 0 Å². The van der Waals surface area contributed by atoms with E-state index in [1.165, 1.54) is 144 Å². The molecular formula is C60H65BN2. The number of hydrogen-bond acceptors (Lipinski definition) is 1. The Morgan fingerprint density at radius 3 is 1.56 bits per heavy atom. The third-order valence-corrected chi connectivity index (χ3v) is 17.8. The first kappa shape index (κ1) is 39.6. The minimum absolute atomic E-state index is 0.0201. The van der Waals surface area contributed by atoms with Crippen LogP contribution in [0.4, 0.5) is 11.4 Å². The molecule has 2 nitrogen and oxygen atoms in total. The second-order valence-corrected chi connectivity index (χ2v) is 24.5. The molecule has 0 fully saturated rings. The average Bonchev–Trinajstić information content (AvgIpc) is 3.60. The van der Waals surface area contributed by atoms with Gasteiger partial charge in [0.15, 0.2) is 0 Å². The number of rotatable bonds is 2. The molecule has 0 unspecified atom stereocenters. The van der Waals surface area contributed by atoms with Crippen molar-refractivity contribution in [1.82, 2.24) is 4.57 Å². The second kappa shape index (κ2) is 12.4. The number of aromatic nitrogens is 1. The molecule has 0 radical (unpaired) electrons. The first-order valence-corrected chi connectivity index (χ1v) is 24.2. The molecule has 0 saturated carbocycles. The van der Waals surface area contributed by atoms with Gasteiger partial charge in [-0.05, 0) is 174 Å². The van der Waals surface area contributed by atoms with Gasteiger partial charge < -0.3 is 9.38 Å². The molecule has 0 N–H and O–H groups in total. The second-order valence-electron chi connectivity index (χ2n) is 24.5. The first-order chi connectivity index (χ1) is 29.7. The monoisotopic (exact) mass is 825 g/mol. The van der Waals surface area contributed by atoms with E-state index >= 15 is 0 Å². The molecule has 0 amide bonds. The summed E-state index contributed by atoms with van der Waals surface area (Å²) in [6.07, 6.45) is 7.16. The van der Waals surface area contributed by atoms with Crippen LogP contribution in [0.5, 0.6) is 0 Å². The number of anilines is 2. The van der Waals surface area contributed by atoms with Gasteiger partial charge in [-0.1, -0.05) is 144 Å². The molecule has 0 bridgehead atoms. The van der Waals surface area contributed by atoms with Crippen molar-refractivity contribution in [2.75, 3.05) is 4.81 Å². The zero-order valence-electron chi connectivity index (χ0n) is 40.0. The highest BCUT2D eigenvalue weighted by atomic mass is 15.1. The lowest BCUT2D eigenvalue weighted by Crippen LogP contribution is -2.61. The largest absolute Gasteiger partial charge is 0.376 e. The number of hydrogen-bond donors (Lipinski definition) is 0. The molecule has 3 heterocycles. The standard InChI is InChI=1S/C60H65BN2/c1-55(2)24-25-56(3,4)43-30-37(22-23-42(43)55)63-50-34-46-44(57(5,6)26-28-59(46,9)10)32-40(50)41-31-39(36-18-14-13-15-19-36)52-38-20-16-17-21-49(38)62-51-35-47-45(58(7,8)27-29-60(47,11)12)33-48(51)61(63)53(41)54(52)62/h13-23,30-35H,24-29H2,1-12H3. The summed E-state index contributed by atoms with van der Waals surface area (Å²) < 4.78 is 2.72. The normalized spacial score (nSPS) is 21.0. The van der Waals surface area contributed by atoms with E-state index in [0.29, 0.717) is 0 Å². The van der Waals surface area contributed by atoms with Crippen molar-refractivity contribution in [2.45, 2.75) is 154 Å². The van der Waals surface area contributed by atoms with Gasteiger partial charge >= 0.3 is 6.85 Å². The fourth-order valence-corrected chi connectivity index (χ4v) is 13.4. The van der Waals surface area contributed by atoms with E-state index in [0.717, 1.165) is 0 Å². The average molecular weight is 825 g/mol. The van der Waals surface area contributed by atoms with Crippen LogP contribution in [0.1, 0.15) is 155 Å². The Hall–Kier alpha value is -5.02. The molecule has 12 rings (SSSR count). The smallest absolute Gasteiger partial charge is 0.333 e. The summed E-state index contributed by atoms with van der Waals surface area (Å²) in [5.74, 6) is 0. The molecule has 5 aliphatic rings. The molecule has 318 valence electrons. The first-order valence-electron chi connectivity index (χ1n) is 24.2. The van der Waals surface area contributed by atoms with Gasteiger partial charge in [0.05, 0.1) is 11.0 Å². The maximum Gasteiger partial charge on any atom is 0.333 e. The van der Waals surface area contributed by atoms with Crippen molar-refractivity contribution in [3.8, 4) is 27.9 Å². The molecule has 63 heavy (non-hydrogen) atoms. The van der Waals surface area contributed by atoms with Crippen LogP contribution in [0.3, 0.4) is 0 Å². The molecule has 3 heteroatoms. The summed E-state index contributed by atoms with van der Waals surface area (Å²) in [7, 11) is 0. The molecular weight excluding hydrogens is 759 g/mol. The Labute approximate surface area is 377 Å². The van der Waals surface area contributed by atoms with Crippen LogP contribution in [0.15, 0.2) is 103 Å². The highest BCUT2D eigenvalue weighted by molar-refractivity contribution is 6.93. The van der Waals surface area contributed by atoms with Gasteiger partial charge in [-0.15, -0.1) is 0 Å². The topological polar surface area (TPSA) is 8.17 Å². The maximum absolute atomic E-state index is 2.85. The lowest BCUT2D eigenvalue weighted by Gasteiger charge is -2.48. The van der Waals surface area contributed by atoms with Crippen molar-refractivity contribution in [3.05, 3.63) is 137 Å². The van der Waals surface area contributed by atoms with Crippen LogP contribution < -0.4 is 15.7 Å². The summed E-state index contributed by atoms with van der Waals surface area (Å²) in [5.41, 5.74) is 24.6. The van der Waals surface area contributed by atoms with Gasteiger partial charge in [-0.25, -0.2) is 0 Å². The van der Waals surface area contributed by atoms with E-state index < -0.39 is 0 Å². The molecule has 2 aliphatic heterocycles. The van der Waals surface area contributed by atoms with Gasteiger partial charge in [0, 0.05) is 33.4 Å². The summed E-state index contributed by atoms with van der Waals surface area (Å²) >= 11 is 0. The van der Waals surface area contributed by atoms with Crippen LogP contribution in [0.25, 0.3) is 49.7 Å². The third kappa shape index (κ3) is 5.32. The summed E-state index contributed by atoms with van der Waals surface area (Å²) in [6, 6.07) is 41.6. The maximum atomic E-state index is 2.85. The Morgan fingerprint density at radius 2 is 0.937 bits per heavy atom. The fraction of sp³-hybridized carbons (Fsp3) is 0.400. The Bertz CT molecular complexity index is 3130. The minimum Gasteiger partial charge on any atom is -0.376 e. The van der Waals surface area contributed by atoms with Crippen LogP contribution in [0.2, 0.25) is 0 Å². The quantitative estimate of drug-likeness (QED) is 0.158. The van der Waals surface area contributed by atoms with Gasteiger partial charge in [0.1, 0.15) is 0 Å². The Balaban J connectivity index is 1.30.